The van der Waals surface area contributed by atoms with Crippen LogP contribution in [-0.2, 0) is 10.0 Å². The van der Waals surface area contributed by atoms with Gasteiger partial charge in [0.15, 0.2) is 0 Å². The summed E-state index contributed by atoms with van der Waals surface area (Å²) in [5, 5.41) is 9.07. The lowest BCUT2D eigenvalue weighted by molar-refractivity contribution is 0.399. The number of methoxy groups -OCH3 is 1. The molecule has 0 radical (unpaired) electrons. The summed E-state index contributed by atoms with van der Waals surface area (Å²) in [5.41, 5.74) is 2.05. The van der Waals surface area contributed by atoms with Gasteiger partial charge in [0.2, 0.25) is 0 Å². The van der Waals surface area contributed by atoms with E-state index in [-0.39, 0.29) is 16.1 Å². The van der Waals surface area contributed by atoms with Gasteiger partial charge in [-0.3, -0.25) is 4.72 Å². The Morgan fingerprint density at radius 3 is 2.50 bits per heavy atom. The van der Waals surface area contributed by atoms with E-state index >= 15 is 0 Å². The number of aryl methyl sites for hydroxylation is 2. The lowest BCUT2D eigenvalue weighted by atomic mass is 10.1. The van der Waals surface area contributed by atoms with Crippen LogP contribution in [0.4, 0.5) is 5.69 Å². The number of nitriles is 1. The van der Waals surface area contributed by atoms with Crippen LogP contribution in [0.5, 0.6) is 5.75 Å². The van der Waals surface area contributed by atoms with Crippen molar-refractivity contribution >= 4 is 15.7 Å². The zero-order chi connectivity index (χ0) is 16.3. The van der Waals surface area contributed by atoms with Gasteiger partial charge in [0.05, 0.1) is 18.4 Å². The maximum Gasteiger partial charge on any atom is 0.265 e. The standard InChI is InChI=1S/C16H16N2O3S/c1-11-8-12(2)16(21-3)15(9-11)22(19,20)18-14-7-5-4-6-13(14)10-17/h4-9,18H,1-3H3. The Morgan fingerprint density at radius 2 is 1.86 bits per heavy atom. The van der Waals surface area contributed by atoms with Crippen LogP contribution in [0.1, 0.15) is 16.7 Å². The first-order valence-corrected chi connectivity index (χ1v) is 8.04. The molecule has 0 aliphatic rings. The summed E-state index contributed by atoms with van der Waals surface area (Å²) >= 11 is 0. The van der Waals surface area contributed by atoms with Crippen LogP contribution in [0.3, 0.4) is 0 Å². The molecule has 0 amide bonds. The molecule has 2 aromatic carbocycles. The molecule has 0 spiro atoms. The van der Waals surface area contributed by atoms with Crippen LogP contribution in [0.25, 0.3) is 0 Å². The molecule has 0 unspecified atom stereocenters. The summed E-state index contributed by atoms with van der Waals surface area (Å²) in [4.78, 5) is 0.0558. The number of anilines is 1. The third-order valence-electron chi connectivity index (χ3n) is 3.17. The number of hydrogen-bond donors (Lipinski definition) is 1. The fourth-order valence-corrected chi connectivity index (χ4v) is 3.65. The molecule has 2 rings (SSSR count). The number of sulfonamides is 1. The molecule has 0 atom stereocenters. The van der Waals surface area contributed by atoms with Crippen LogP contribution in [0.2, 0.25) is 0 Å². The molecule has 1 N–H and O–H groups in total. The average Bonchev–Trinajstić information content (AvgIpc) is 2.46. The van der Waals surface area contributed by atoms with Gasteiger partial charge in [0.25, 0.3) is 10.0 Å². The van der Waals surface area contributed by atoms with E-state index < -0.39 is 10.0 Å². The third-order valence-corrected chi connectivity index (χ3v) is 4.54. The normalized spacial score (nSPS) is 10.8. The highest BCUT2D eigenvalue weighted by atomic mass is 32.2. The predicted octanol–water partition coefficient (Wildman–Crippen LogP) is 2.98. The molecule has 0 saturated carbocycles. The van der Waals surface area contributed by atoms with Crippen LogP contribution in [-0.4, -0.2) is 15.5 Å². The van der Waals surface area contributed by atoms with E-state index in [4.69, 9.17) is 10.00 Å². The molecule has 0 aliphatic carbocycles. The van der Waals surface area contributed by atoms with Gasteiger partial charge in [-0.1, -0.05) is 18.2 Å². The summed E-state index contributed by atoms with van der Waals surface area (Å²) in [6.07, 6.45) is 0. The summed E-state index contributed by atoms with van der Waals surface area (Å²) in [7, 11) is -2.43. The first-order chi connectivity index (χ1) is 10.4. The van der Waals surface area contributed by atoms with Crippen LogP contribution in [0.15, 0.2) is 41.3 Å². The Balaban J connectivity index is 2.55. The fourth-order valence-electron chi connectivity index (χ4n) is 2.25. The number of rotatable bonds is 4. The van der Waals surface area contributed by atoms with Crippen molar-refractivity contribution < 1.29 is 13.2 Å². The summed E-state index contributed by atoms with van der Waals surface area (Å²) in [6.45, 7) is 3.60. The fraction of sp³-hybridized carbons (Fsp3) is 0.188. The smallest absolute Gasteiger partial charge is 0.265 e. The van der Waals surface area contributed by atoms with E-state index in [9.17, 15) is 8.42 Å². The minimum atomic E-state index is -3.86. The Hall–Kier alpha value is -2.52. The van der Waals surface area contributed by atoms with Crippen molar-refractivity contribution in [1.82, 2.24) is 0 Å². The molecule has 0 saturated heterocycles. The molecule has 22 heavy (non-hydrogen) atoms. The number of benzene rings is 2. The highest BCUT2D eigenvalue weighted by molar-refractivity contribution is 7.92. The van der Waals surface area contributed by atoms with Gasteiger partial charge in [-0.05, 0) is 43.2 Å². The molecule has 0 aliphatic heterocycles. The highest BCUT2D eigenvalue weighted by Gasteiger charge is 2.22. The van der Waals surface area contributed by atoms with Gasteiger partial charge in [-0.25, -0.2) is 8.42 Å². The average molecular weight is 316 g/mol. The molecule has 0 fully saturated rings. The van der Waals surface area contributed by atoms with Crippen molar-refractivity contribution in [2.45, 2.75) is 18.7 Å². The minimum Gasteiger partial charge on any atom is -0.495 e. The van der Waals surface area contributed by atoms with Gasteiger partial charge in [0.1, 0.15) is 16.7 Å². The Labute approximate surface area is 130 Å². The maximum absolute atomic E-state index is 12.7. The second-order valence-electron chi connectivity index (χ2n) is 4.88. The van der Waals surface area contributed by atoms with E-state index in [1.165, 1.54) is 7.11 Å². The van der Waals surface area contributed by atoms with Crippen molar-refractivity contribution in [1.29, 1.82) is 5.26 Å². The summed E-state index contributed by atoms with van der Waals surface area (Å²) < 4.78 is 33.0. The van der Waals surface area contributed by atoms with Gasteiger partial charge in [-0.15, -0.1) is 0 Å². The van der Waals surface area contributed by atoms with Crippen LogP contribution in [0, 0.1) is 25.2 Å². The third kappa shape index (κ3) is 3.05. The zero-order valence-corrected chi connectivity index (χ0v) is 13.4. The van der Waals surface area contributed by atoms with E-state index in [1.807, 2.05) is 19.1 Å². The number of nitrogens with zero attached hydrogens (tertiary/aromatic N) is 1. The SMILES string of the molecule is COc1c(C)cc(C)cc1S(=O)(=O)Nc1ccccc1C#N. The van der Waals surface area contributed by atoms with Crippen molar-refractivity contribution in [3.05, 3.63) is 53.1 Å². The van der Waals surface area contributed by atoms with Crippen molar-refractivity contribution in [2.24, 2.45) is 0 Å². The molecule has 6 heteroatoms. The summed E-state index contributed by atoms with van der Waals surface area (Å²) in [6, 6.07) is 11.8. The largest absolute Gasteiger partial charge is 0.495 e. The van der Waals surface area contributed by atoms with E-state index in [1.54, 1.807) is 37.3 Å². The van der Waals surface area contributed by atoms with Crippen LogP contribution >= 0.6 is 0 Å². The lowest BCUT2D eigenvalue weighted by Crippen LogP contribution is -2.15. The Bertz CT molecular complexity index is 852. The number of hydrogen-bond acceptors (Lipinski definition) is 4. The summed E-state index contributed by atoms with van der Waals surface area (Å²) in [5.74, 6) is 0.299. The minimum absolute atomic E-state index is 0.0558. The molecule has 5 nitrogen and oxygen atoms in total. The van der Waals surface area contributed by atoms with Crippen molar-refractivity contribution in [2.75, 3.05) is 11.8 Å². The molecule has 0 aromatic heterocycles. The zero-order valence-electron chi connectivity index (χ0n) is 12.5. The second-order valence-corrected chi connectivity index (χ2v) is 6.53. The lowest BCUT2D eigenvalue weighted by Gasteiger charge is -2.15. The van der Waals surface area contributed by atoms with Crippen LogP contribution < -0.4 is 9.46 Å². The van der Waals surface area contributed by atoms with Gasteiger partial charge in [-0.2, -0.15) is 5.26 Å². The first kappa shape index (κ1) is 15.9. The van der Waals surface area contributed by atoms with E-state index in [0.717, 1.165) is 11.1 Å². The van der Waals surface area contributed by atoms with Crippen molar-refractivity contribution in [3.8, 4) is 11.8 Å². The molecule has 2 aromatic rings. The Kier molecular flexibility index (Phi) is 4.38. The maximum atomic E-state index is 12.7. The second kappa shape index (κ2) is 6.08. The molecule has 0 bridgehead atoms. The molecular formula is C16H16N2O3S. The quantitative estimate of drug-likeness (QED) is 0.940. The van der Waals surface area contributed by atoms with Gasteiger partial charge < -0.3 is 4.74 Å². The van der Waals surface area contributed by atoms with Gasteiger partial charge in [0, 0.05) is 0 Å². The van der Waals surface area contributed by atoms with Crippen molar-refractivity contribution in [3.63, 3.8) is 0 Å². The Morgan fingerprint density at radius 1 is 1.18 bits per heavy atom. The molecule has 114 valence electrons. The first-order valence-electron chi connectivity index (χ1n) is 6.56. The predicted molar refractivity (Wildman–Crippen MR) is 84.4 cm³/mol. The van der Waals surface area contributed by atoms with Gasteiger partial charge >= 0.3 is 0 Å². The van der Waals surface area contributed by atoms with E-state index in [0.29, 0.717) is 5.75 Å². The molecule has 0 heterocycles. The number of ether oxygens (including phenoxy) is 1. The molecular weight excluding hydrogens is 300 g/mol. The highest BCUT2D eigenvalue weighted by Crippen LogP contribution is 2.31. The topological polar surface area (TPSA) is 79.2 Å². The van der Waals surface area contributed by atoms with E-state index in [2.05, 4.69) is 4.72 Å². The monoisotopic (exact) mass is 316 g/mol. The number of nitrogens with one attached hydrogen (secondary N) is 1. The number of para-hydroxylation sites is 1.